The first kappa shape index (κ1) is 12.1. The second-order valence-corrected chi connectivity index (χ2v) is 3.21. The van der Waals surface area contributed by atoms with E-state index in [1.165, 1.54) is 0 Å². The Morgan fingerprint density at radius 3 is 2.73 bits per heavy atom. The molecule has 0 aromatic carbocycles. The van der Waals surface area contributed by atoms with Crippen molar-refractivity contribution in [3.05, 3.63) is 12.2 Å². The number of methoxy groups -OCH3 is 2. The van der Waals surface area contributed by atoms with Gasteiger partial charge in [-0.1, -0.05) is 0 Å². The van der Waals surface area contributed by atoms with Crippen LogP contribution >= 0.6 is 0 Å². The highest BCUT2D eigenvalue weighted by atomic mass is 16.7. The smallest absolute Gasteiger partial charge is 0.169 e. The van der Waals surface area contributed by atoms with Gasteiger partial charge in [0, 0.05) is 40.8 Å². The lowest BCUT2D eigenvalue weighted by atomic mass is 10.4. The van der Waals surface area contributed by atoms with Gasteiger partial charge in [0.1, 0.15) is 12.2 Å². The molecule has 1 aromatic rings. The maximum atomic E-state index is 5.04. The number of nitrogens with zero attached hydrogens (tertiary/aromatic N) is 3. The molecule has 0 atom stereocenters. The van der Waals surface area contributed by atoms with Crippen molar-refractivity contribution in [2.45, 2.75) is 12.7 Å². The average Bonchev–Trinajstić information content (AvgIpc) is 2.65. The third kappa shape index (κ3) is 3.94. The largest absolute Gasteiger partial charge is 0.355 e. The summed E-state index contributed by atoms with van der Waals surface area (Å²) in [6.45, 7) is 1.50. The van der Waals surface area contributed by atoms with Crippen LogP contribution in [0.5, 0.6) is 0 Å². The summed E-state index contributed by atoms with van der Waals surface area (Å²) in [6.07, 6.45) is 2.35. The van der Waals surface area contributed by atoms with Crippen LogP contribution in [0.1, 0.15) is 5.82 Å². The molecule has 1 rings (SSSR count). The first-order valence-corrected chi connectivity index (χ1v) is 4.87. The quantitative estimate of drug-likeness (QED) is 0.493. The molecule has 0 fully saturated rings. The highest BCUT2D eigenvalue weighted by molar-refractivity contribution is 4.84. The van der Waals surface area contributed by atoms with Crippen molar-refractivity contribution in [1.82, 2.24) is 20.1 Å². The summed E-state index contributed by atoms with van der Waals surface area (Å²) in [4.78, 5) is 0. The minimum Gasteiger partial charge on any atom is -0.355 e. The van der Waals surface area contributed by atoms with Gasteiger partial charge in [-0.2, -0.15) is 0 Å². The fourth-order valence-electron chi connectivity index (χ4n) is 1.22. The monoisotopic (exact) mass is 214 g/mol. The van der Waals surface area contributed by atoms with Crippen molar-refractivity contribution in [2.24, 2.45) is 7.05 Å². The molecule has 0 saturated carbocycles. The number of rotatable bonds is 7. The number of aryl methyl sites for hydroxylation is 1. The summed E-state index contributed by atoms with van der Waals surface area (Å²) in [7, 11) is 5.18. The van der Waals surface area contributed by atoms with Gasteiger partial charge in [-0.15, -0.1) is 10.2 Å². The lowest BCUT2D eigenvalue weighted by Crippen LogP contribution is -2.31. The van der Waals surface area contributed by atoms with Gasteiger partial charge in [0.25, 0.3) is 0 Å². The van der Waals surface area contributed by atoms with Gasteiger partial charge < -0.3 is 19.4 Å². The predicted molar refractivity (Wildman–Crippen MR) is 55.4 cm³/mol. The van der Waals surface area contributed by atoms with Crippen LogP contribution < -0.4 is 5.32 Å². The number of hydrogen-bond donors (Lipinski definition) is 1. The van der Waals surface area contributed by atoms with Crippen molar-refractivity contribution in [3.8, 4) is 0 Å². The number of hydrogen-bond acceptors (Lipinski definition) is 5. The van der Waals surface area contributed by atoms with Gasteiger partial charge in [-0.25, -0.2) is 0 Å². The Kier molecular flexibility index (Phi) is 5.23. The molecule has 0 bridgehead atoms. The van der Waals surface area contributed by atoms with Crippen LogP contribution in [0.4, 0.5) is 0 Å². The minimum atomic E-state index is -0.190. The van der Waals surface area contributed by atoms with E-state index in [0.29, 0.717) is 6.54 Å². The van der Waals surface area contributed by atoms with Crippen LogP contribution in [-0.2, 0) is 22.9 Å². The number of nitrogens with one attached hydrogen (secondary N) is 1. The van der Waals surface area contributed by atoms with E-state index in [-0.39, 0.29) is 6.29 Å². The Bertz CT molecular complexity index is 273. The van der Waals surface area contributed by atoms with Gasteiger partial charge in [0.05, 0.1) is 0 Å². The summed E-state index contributed by atoms with van der Waals surface area (Å²) < 4.78 is 12.0. The normalized spacial score (nSPS) is 11.2. The van der Waals surface area contributed by atoms with E-state index in [4.69, 9.17) is 9.47 Å². The summed E-state index contributed by atoms with van der Waals surface area (Å²) >= 11 is 0. The third-order valence-electron chi connectivity index (χ3n) is 2.17. The summed E-state index contributed by atoms with van der Waals surface area (Å²) in [5.74, 6) is 0.967. The maximum absolute atomic E-state index is 5.04. The zero-order valence-corrected chi connectivity index (χ0v) is 9.43. The number of aromatic nitrogens is 3. The molecule has 0 aliphatic rings. The van der Waals surface area contributed by atoms with Gasteiger partial charge >= 0.3 is 0 Å². The van der Waals surface area contributed by atoms with Crippen LogP contribution in [0.25, 0.3) is 0 Å². The van der Waals surface area contributed by atoms with Crippen LogP contribution in [-0.4, -0.2) is 48.4 Å². The van der Waals surface area contributed by atoms with E-state index in [1.807, 2.05) is 11.6 Å². The maximum Gasteiger partial charge on any atom is 0.169 e. The molecule has 6 nitrogen and oxygen atoms in total. The molecular weight excluding hydrogens is 196 g/mol. The first-order chi connectivity index (χ1) is 7.27. The topological polar surface area (TPSA) is 61.2 Å². The molecule has 0 aliphatic carbocycles. The lowest BCUT2D eigenvalue weighted by molar-refractivity contribution is -0.0986. The van der Waals surface area contributed by atoms with Gasteiger partial charge in [-0.05, 0) is 0 Å². The van der Waals surface area contributed by atoms with Crippen LogP contribution in [0, 0.1) is 0 Å². The van der Waals surface area contributed by atoms with Crippen LogP contribution in [0.15, 0.2) is 6.33 Å². The Labute approximate surface area is 89.6 Å². The molecule has 6 heteroatoms. The molecule has 0 amide bonds. The van der Waals surface area contributed by atoms with Gasteiger partial charge in [0.15, 0.2) is 6.29 Å². The Balaban J connectivity index is 2.14. The van der Waals surface area contributed by atoms with E-state index in [9.17, 15) is 0 Å². The fourth-order valence-corrected chi connectivity index (χ4v) is 1.22. The molecule has 1 N–H and O–H groups in total. The fraction of sp³-hybridized carbons (Fsp3) is 0.778. The van der Waals surface area contributed by atoms with E-state index in [1.54, 1.807) is 20.5 Å². The molecule has 0 aliphatic heterocycles. The molecule has 86 valence electrons. The van der Waals surface area contributed by atoms with Crippen molar-refractivity contribution < 1.29 is 9.47 Å². The standard InChI is InChI=1S/C9H18N4O2/c1-13-7-11-12-8(13)4-5-10-6-9(14-2)15-3/h7,9-10H,4-6H2,1-3H3. The number of ether oxygens (including phenoxy) is 2. The van der Waals surface area contributed by atoms with Crippen LogP contribution in [0.3, 0.4) is 0 Å². The second-order valence-electron chi connectivity index (χ2n) is 3.21. The van der Waals surface area contributed by atoms with E-state index in [2.05, 4.69) is 15.5 Å². The Morgan fingerprint density at radius 2 is 2.20 bits per heavy atom. The van der Waals surface area contributed by atoms with Crippen LogP contribution in [0.2, 0.25) is 0 Å². The van der Waals surface area contributed by atoms with E-state index in [0.717, 1.165) is 18.8 Å². The third-order valence-corrected chi connectivity index (χ3v) is 2.17. The molecule has 1 aromatic heterocycles. The molecule has 0 spiro atoms. The van der Waals surface area contributed by atoms with Crippen molar-refractivity contribution >= 4 is 0 Å². The molecule has 15 heavy (non-hydrogen) atoms. The molecule has 0 saturated heterocycles. The average molecular weight is 214 g/mol. The van der Waals surface area contributed by atoms with Crippen molar-refractivity contribution in [1.29, 1.82) is 0 Å². The highest BCUT2D eigenvalue weighted by Crippen LogP contribution is 1.92. The molecular formula is C9H18N4O2. The SMILES string of the molecule is COC(CNCCc1nncn1C)OC. The minimum absolute atomic E-state index is 0.190. The molecule has 0 unspecified atom stereocenters. The van der Waals surface area contributed by atoms with Crippen molar-refractivity contribution in [2.75, 3.05) is 27.3 Å². The predicted octanol–water partition coefficient (Wildman–Crippen LogP) is -0.434. The Morgan fingerprint density at radius 1 is 1.47 bits per heavy atom. The zero-order chi connectivity index (χ0) is 11.1. The van der Waals surface area contributed by atoms with E-state index < -0.39 is 0 Å². The van der Waals surface area contributed by atoms with E-state index >= 15 is 0 Å². The molecule has 0 radical (unpaired) electrons. The van der Waals surface area contributed by atoms with Crippen molar-refractivity contribution in [3.63, 3.8) is 0 Å². The lowest BCUT2D eigenvalue weighted by Gasteiger charge is -2.13. The highest BCUT2D eigenvalue weighted by Gasteiger charge is 2.04. The summed E-state index contributed by atoms with van der Waals surface area (Å²) in [5.41, 5.74) is 0. The second kappa shape index (κ2) is 6.49. The summed E-state index contributed by atoms with van der Waals surface area (Å²) in [6, 6.07) is 0. The van der Waals surface area contributed by atoms with Gasteiger partial charge in [-0.3, -0.25) is 0 Å². The Hall–Kier alpha value is -0.980. The molecule has 1 heterocycles. The summed E-state index contributed by atoms with van der Waals surface area (Å²) in [5, 5.41) is 11.0. The zero-order valence-electron chi connectivity index (χ0n) is 9.43. The van der Waals surface area contributed by atoms with Gasteiger partial charge in [0.2, 0.25) is 0 Å². The first-order valence-electron chi connectivity index (χ1n) is 4.87.